The number of carbonyl (C=O) groups excluding carboxylic acids is 1. The quantitative estimate of drug-likeness (QED) is 0.765. The zero-order valence-corrected chi connectivity index (χ0v) is 13.5. The van der Waals surface area contributed by atoms with Crippen LogP contribution in [0.25, 0.3) is 0 Å². The number of halogens is 1. The second kappa shape index (κ2) is 7.78. The summed E-state index contributed by atoms with van der Waals surface area (Å²) in [4.78, 5) is 16.3. The molecule has 2 aromatic rings. The van der Waals surface area contributed by atoms with Gasteiger partial charge in [-0.2, -0.15) is 0 Å². The number of pyridine rings is 1. The second-order valence-corrected chi connectivity index (χ2v) is 5.59. The van der Waals surface area contributed by atoms with Crippen LogP contribution < -0.4 is 10.6 Å². The van der Waals surface area contributed by atoms with Crippen molar-refractivity contribution in [3.63, 3.8) is 0 Å². The van der Waals surface area contributed by atoms with Gasteiger partial charge < -0.3 is 10.6 Å². The molecule has 0 aliphatic heterocycles. The maximum atomic E-state index is 12.2. The van der Waals surface area contributed by atoms with E-state index in [0.29, 0.717) is 5.69 Å². The summed E-state index contributed by atoms with van der Waals surface area (Å²) in [6.45, 7) is 3.04. The molecule has 1 aromatic heterocycles. The van der Waals surface area contributed by atoms with Crippen LogP contribution in [-0.4, -0.2) is 17.4 Å². The highest BCUT2D eigenvalue weighted by Gasteiger charge is 2.08. The normalized spacial score (nSPS) is 10.2. The van der Waals surface area contributed by atoms with Crippen molar-refractivity contribution in [2.75, 3.05) is 17.2 Å². The molecule has 0 aliphatic rings. The van der Waals surface area contributed by atoms with Crippen LogP contribution in [-0.2, 0) is 0 Å². The van der Waals surface area contributed by atoms with Crippen LogP contribution in [0.5, 0.6) is 0 Å². The molecule has 0 atom stereocenters. The number of hydrogen-bond donors (Lipinski definition) is 2. The summed E-state index contributed by atoms with van der Waals surface area (Å²) in [6, 6.07) is 11.1. The number of rotatable bonds is 6. The molecule has 1 amide bonds. The molecule has 110 valence electrons. The number of nitrogens with one attached hydrogen (secondary N) is 2. The molecule has 0 aliphatic carbocycles. The first-order chi connectivity index (χ1) is 10.2. The molecule has 1 aromatic carbocycles. The minimum Gasteiger partial charge on any atom is -0.385 e. The maximum absolute atomic E-state index is 12.2. The van der Waals surface area contributed by atoms with Crippen LogP contribution in [0.15, 0.2) is 47.1 Å². The Hall–Kier alpha value is -1.88. The minimum absolute atomic E-state index is 0.216. The Kier molecular flexibility index (Phi) is 5.75. The number of amides is 1. The molecule has 0 radical (unpaired) electrons. The van der Waals surface area contributed by atoms with Gasteiger partial charge in [0, 0.05) is 28.6 Å². The van der Waals surface area contributed by atoms with E-state index in [1.54, 1.807) is 12.3 Å². The largest absolute Gasteiger partial charge is 0.385 e. The first-order valence-electron chi connectivity index (χ1n) is 6.96. The lowest BCUT2D eigenvalue weighted by molar-refractivity contribution is 0.102. The van der Waals surface area contributed by atoms with E-state index < -0.39 is 0 Å². The van der Waals surface area contributed by atoms with Crippen molar-refractivity contribution in [2.24, 2.45) is 0 Å². The van der Waals surface area contributed by atoms with Gasteiger partial charge in [0.25, 0.3) is 5.91 Å². The Morgan fingerprint density at radius 3 is 2.86 bits per heavy atom. The molecular weight excluding hydrogens is 330 g/mol. The van der Waals surface area contributed by atoms with E-state index in [4.69, 9.17) is 0 Å². The molecule has 5 heteroatoms. The fourth-order valence-electron chi connectivity index (χ4n) is 1.84. The van der Waals surface area contributed by atoms with Crippen LogP contribution in [0.1, 0.15) is 30.3 Å². The zero-order valence-electron chi connectivity index (χ0n) is 11.9. The molecule has 4 nitrogen and oxygen atoms in total. The van der Waals surface area contributed by atoms with Crippen molar-refractivity contribution in [3.05, 3.63) is 52.8 Å². The average molecular weight is 348 g/mol. The van der Waals surface area contributed by atoms with Crippen LogP contribution in [0.3, 0.4) is 0 Å². The summed E-state index contributed by atoms with van der Waals surface area (Å²) in [5.41, 5.74) is 2.05. The first kappa shape index (κ1) is 15.5. The highest BCUT2D eigenvalue weighted by atomic mass is 79.9. The van der Waals surface area contributed by atoms with Crippen molar-refractivity contribution in [2.45, 2.75) is 19.8 Å². The third-order valence-electron chi connectivity index (χ3n) is 2.93. The summed E-state index contributed by atoms with van der Waals surface area (Å²) in [5, 5.41) is 6.12. The van der Waals surface area contributed by atoms with Gasteiger partial charge in [-0.15, -0.1) is 0 Å². The summed E-state index contributed by atoms with van der Waals surface area (Å²) in [7, 11) is 0. The van der Waals surface area contributed by atoms with E-state index in [2.05, 4.69) is 38.5 Å². The molecule has 2 N–H and O–H groups in total. The third kappa shape index (κ3) is 4.86. The van der Waals surface area contributed by atoms with E-state index in [9.17, 15) is 4.79 Å². The summed E-state index contributed by atoms with van der Waals surface area (Å²) in [5.74, 6) is -0.216. The molecule has 0 bridgehead atoms. The van der Waals surface area contributed by atoms with E-state index in [1.165, 1.54) is 0 Å². The first-order valence-corrected chi connectivity index (χ1v) is 7.75. The molecule has 0 fully saturated rings. The number of nitrogens with zero attached hydrogens (tertiary/aromatic N) is 1. The van der Waals surface area contributed by atoms with Gasteiger partial charge in [-0.3, -0.25) is 9.78 Å². The van der Waals surface area contributed by atoms with Crippen LogP contribution >= 0.6 is 15.9 Å². The average Bonchev–Trinajstić information content (AvgIpc) is 2.48. The molecule has 0 unspecified atom stereocenters. The predicted molar refractivity (Wildman–Crippen MR) is 89.7 cm³/mol. The van der Waals surface area contributed by atoms with Crippen molar-refractivity contribution < 1.29 is 4.79 Å². The smallest absolute Gasteiger partial charge is 0.274 e. The van der Waals surface area contributed by atoms with Gasteiger partial charge in [-0.25, -0.2) is 0 Å². The number of aromatic nitrogens is 1. The number of benzene rings is 1. The minimum atomic E-state index is -0.216. The third-order valence-corrected chi connectivity index (χ3v) is 3.43. The van der Waals surface area contributed by atoms with Gasteiger partial charge in [0.05, 0.1) is 0 Å². The van der Waals surface area contributed by atoms with Crippen molar-refractivity contribution in [1.29, 1.82) is 0 Å². The molecule has 0 saturated carbocycles. The predicted octanol–water partition coefficient (Wildman–Crippen LogP) is 4.31. The van der Waals surface area contributed by atoms with Crippen LogP contribution in [0, 0.1) is 0 Å². The molecule has 2 rings (SSSR count). The summed E-state index contributed by atoms with van der Waals surface area (Å²) >= 11 is 3.38. The number of carbonyl (C=O) groups is 1. The molecule has 0 saturated heterocycles. The number of anilines is 2. The Morgan fingerprint density at radius 1 is 1.24 bits per heavy atom. The van der Waals surface area contributed by atoms with Gasteiger partial charge in [0.15, 0.2) is 0 Å². The lowest BCUT2D eigenvalue weighted by Crippen LogP contribution is -2.14. The van der Waals surface area contributed by atoms with Crippen molar-refractivity contribution >= 4 is 33.2 Å². The van der Waals surface area contributed by atoms with Gasteiger partial charge in [0.1, 0.15) is 5.69 Å². The van der Waals surface area contributed by atoms with E-state index in [-0.39, 0.29) is 5.91 Å². The summed E-state index contributed by atoms with van der Waals surface area (Å²) < 4.78 is 0.920. The number of hydrogen-bond acceptors (Lipinski definition) is 3. The number of unbranched alkanes of at least 4 members (excludes halogenated alkanes) is 1. The summed E-state index contributed by atoms with van der Waals surface area (Å²) in [6.07, 6.45) is 3.88. The van der Waals surface area contributed by atoms with Crippen molar-refractivity contribution in [1.82, 2.24) is 4.98 Å². The standard InChI is InChI=1S/C16H18BrN3O/c1-2-3-8-18-13-7-9-19-15(11-13)16(21)20-14-6-4-5-12(17)10-14/h4-7,9-11H,2-3,8H2,1H3,(H,18,19)(H,20,21). The lowest BCUT2D eigenvalue weighted by Gasteiger charge is -2.08. The van der Waals surface area contributed by atoms with E-state index in [0.717, 1.165) is 35.2 Å². The fraction of sp³-hybridized carbons (Fsp3) is 0.250. The Bertz CT molecular complexity index is 616. The molecule has 0 spiro atoms. The van der Waals surface area contributed by atoms with Crippen LogP contribution in [0.2, 0.25) is 0 Å². The Labute approximate surface area is 133 Å². The molecule has 21 heavy (non-hydrogen) atoms. The SMILES string of the molecule is CCCCNc1ccnc(C(=O)Nc2cccc(Br)c2)c1. The zero-order chi connectivity index (χ0) is 15.1. The van der Waals surface area contributed by atoms with Gasteiger partial charge >= 0.3 is 0 Å². The topological polar surface area (TPSA) is 54.0 Å². The monoisotopic (exact) mass is 347 g/mol. The van der Waals surface area contributed by atoms with E-state index >= 15 is 0 Å². The van der Waals surface area contributed by atoms with Gasteiger partial charge in [-0.05, 0) is 36.8 Å². The Balaban J connectivity index is 2.03. The second-order valence-electron chi connectivity index (χ2n) is 4.67. The van der Waals surface area contributed by atoms with Crippen molar-refractivity contribution in [3.8, 4) is 0 Å². The van der Waals surface area contributed by atoms with Crippen LogP contribution in [0.4, 0.5) is 11.4 Å². The fourth-order valence-corrected chi connectivity index (χ4v) is 2.23. The highest BCUT2D eigenvalue weighted by molar-refractivity contribution is 9.10. The lowest BCUT2D eigenvalue weighted by atomic mass is 10.2. The maximum Gasteiger partial charge on any atom is 0.274 e. The van der Waals surface area contributed by atoms with Gasteiger partial charge in [-0.1, -0.05) is 35.3 Å². The Morgan fingerprint density at radius 2 is 2.10 bits per heavy atom. The van der Waals surface area contributed by atoms with Gasteiger partial charge in [0.2, 0.25) is 0 Å². The van der Waals surface area contributed by atoms with E-state index in [1.807, 2.05) is 30.3 Å². The molecule has 1 heterocycles. The highest BCUT2D eigenvalue weighted by Crippen LogP contribution is 2.17. The molecular formula is C16H18BrN3O.